The quantitative estimate of drug-likeness (QED) is 0.509. The Morgan fingerprint density at radius 2 is 0.933 bits per heavy atom. The summed E-state index contributed by atoms with van der Waals surface area (Å²) in [5.74, 6) is 0. The van der Waals surface area contributed by atoms with E-state index in [-0.39, 0.29) is 0 Å². The molecule has 2 aliphatic rings. The Labute approximate surface area is 111 Å². The van der Waals surface area contributed by atoms with E-state index in [1.54, 1.807) is 0 Å². The molecule has 0 aromatic heterocycles. The SMILES string of the molecule is [Br][Ge]([Br])([CH]1CCCCC1)[CH]1CCCCC1. The van der Waals surface area contributed by atoms with Gasteiger partial charge < -0.3 is 0 Å². The van der Waals surface area contributed by atoms with Gasteiger partial charge in [-0.1, -0.05) is 0 Å². The monoisotopic (exact) mass is 398 g/mol. The predicted octanol–water partition coefficient (Wildman–Crippen LogP) is 5.89. The van der Waals surface area contributed by atoms with Crippen molar-refractivity contribution in [3.8, 4) is 0 Å². The van der Waals surface area contributed by atoms with E-state index in [4.69, 9.17) is 0 Å². The molecule has 0 amide bonds. The number of hydrogen-bond donors (Lipinski definition) is 0. The van der Waals surface area contributed by atoms with Crippen molar-refractivity contribution in [2.45, 2.75) is 73.7 Å². The fourth-order valence-corrected chi connectivity index (χ4v) is 19.2. The first-order valence-corrected chi connectivity index (χ1v) is 18.8. The molecule has 0 aliphatic heterocycles. The average Bonchev–Trinajstić information content (AvgIpc) is 2.31. The van der Waals surface area contributed by atoms with Gasteiger partial charge in [-0.3, -0.25) is 0 Å². The average molecular weight is 399 g/mol. The van der Waals surface area contributed by atoms with Crippen LogP contribution in [-0.2, 0) is 0 Å². The summed E-state index contributed by atoms with van der Waals surface area (Å²) < 4.78 is 2.11. The molecule has 2 rings (SSSR count). The molecule has 0 atom stereocenters. The Kier molecular flexibility index (Phi) is 5.10. The molecule has 3 heteroatoms. The van der Waals surface area contributed by atoms with Gasteiger partial charge in [-0.15, -0.1) is 0 Å². The first kappa shape index (κ1) is 12.9. The molecule has 15 heavy (non-hydrogen) atoms. The van der Waals surface area contributed by atoms with Crippen molar-refractivity contribution in [2.24, 2.45) is 0 Å². The third-order valence-corrected chi connectivity index (χ3v) is 24.7. The maximum atomic E-state index is 4.21. The summed E-state index contributed by atoms with van der Waals surface area (Å²) in [7, 11) is -1.82. The normalized spacial score (nSPS) is 26.8. The van der Waals surface area contributed by atoms with E-state index in [0.29, 0.717) is 0 Å². The second-order valence-corrected chi connectivity index (χ2v) is 30.8. The molecule has 0 N–H and O–H groups in total. The van der Waals surface area contributed by atoms with Gasteiger partial charge in [-0.25, -0.2) is 0 Å². The van der Waals surface area contributed by atoms with Gasteiger partial charge in [0.2, 0.25) is 0 Å². The van der Waals surface area contributed by atoms with Crippen LogP contribution in [0.25, 0.3) is 0 Å². The van der Waals surface area contributed by atoms with Gasteiger partial charge in [0.25, 0.3) is 0 Å². The molecule has 88 valence electrons. The van der Waals surface area contributed by atoms with Gasteiger partial charge in [0.05, 0.1) is 0 Å². The maximum absolute atomic E-state index is 4.21. The van der Waals surface area contributed by atoms with E-state index in [2.05, 4.69) is 28.0 Å². The third kappa shape index (κ3) is 3.25. The predicted molar refractivity (Wildman–Crippen MR) is 77.3 cm³/mol. The van der Waals surface area contributed by atoms with Crippen molar-refractivity contribution >= 4 is 37.6 Å². The van der Waals surface area contributed by atoms with Crippen LogP contribution in [0.5, 0.6) is 0 Å². The summed E-state index contributed by atoms with van der Waals surface area (Å²) in [6.07, 6.45) is 14.9. The molecule has 0 spiro atoms. The van der Waals surface area contributed by atoms with Crippen LogP contribution in [0.2, 0.25) is 9.50 Å². The van der Waals surface area contributed by atoms with Crippen LogP contribution in [0.15, 0.2) is 0 Å². The van der Waals surface area contributed by atoms with E-state index in [1.807, 2.05) is 0 Å². The van der Waals surface area contributed by atoms with Crippen LogP contribution in [0.1, 0.15) is 64.2 Å². The molecule has 0 unspecified atom stereocenters. The minimum atomic E-state index is -1.82. The molecule has 0 bridgehead atoms. The van der Waals surface area contributed by atoms with Crippen molar-refractivity contribution in [3.05, 3.63) is 0 Å². The standard InChI is InChI=1S/C12H22Br2Ge/c13-15(14,11-7-3-1-4-8-11)12-9-5-2-6-10-12/h11-12H,1-10H2. The fourth-order valence-electron chi connectivity index (χ4n) is 3.31. The second kappa shape index (κ2) is 5.90. The summed E-state index contributed by atoms with van der Waals surface area (Å²) in [6.45, 7) is 0. The summed E-state index contributed by atoms with van der Waals surface area (Å²) in [5, 5.41) is 0. The summed E-state index contributed by atoms with van der Waals surface area (Å²) in [5.41, 5.74) is 0. The molecule has 0 nitrogen and oxygen atoms in total. The Morgan fingerprint density at radius 1 is 0.600 bits per heavy atom. The van der Waals surface area contributed by atoms with Crippen LogP contribution in [0, 0.1) is 0 Å². The Balaban J connectivity index is 1.96. The topological polar surface area (TPSA) is 0 Å². The summed E-state index contributed by atoms with van der Waals surface area (Å²) in [6, 6.07) is 0. The zero-order valence-electron chi connectivity index (χ0n) is 9.48. The number of hydrogen-bond acceptors (Lipinski definition) is 0. The number of halogens is 2. The minimum absolute atomic E-state index is 1.06. The van der Waals surface area contributed by atoms with Gasteiger partial charge in [-0.05, 0) is 0 Å². The summed E-state index contributed by atoms with van der Waals surface area (Å²) >= 11 is 8.42. The third-order valence-electron chi connectivity index (χ3n) is 4.30. The fraction of sp³-hybridized carbons (Fsp3) is 1.00. The molecule has 2 aliphatic carbocycles. The first-order valence-electron chi connectivity index (χ1n) is 6.59. The zero-order valence-corrected chi connectivity index (χ0v) is 14.8. The van der Waals surface area contributed by atoms with Crippen LogP contribution >= 0.6 is 28.0 Å². The second-order valence-electron chi connectivity index (χ2n) is 5.34. The van der Waals surface area contributed by atoms with E-state index in [1.165, 1.54) is 64.2 Å². The molecular weight excluding hydrogens is 377 g/mol. The Bertz CT molecular complexity index is 174. The zero-order chi connectivity index (χ0) is 10.7. The molecule has 2 fully saturated rings. The van der Waals surface area contributed by atoms with Crippen LogP contribution in [0.3, 0.4) is 0 Å². The van der Waals surface area contributed by atoms with Crippen LogP contribution < -0.4 is 0 Å². The van der Waals surface area contributed by atoms with Crippen molar-refractivity contribution in [2.75, 3.05) is 0 Å². The molecule has 0 heterocycles. The molecular formula is C12H22Br2Ge. The van der Waals surface area contributed by atoms with Gasteiger partial charge in [0.1, 0.15) is 0 Å². The van der Waals surface area contributed by atoms with Crippen LogP contribution in [-0.4, -0.2) is 9.58 Å². The first-order chi connectivity index (χ1) is 7.21. The summed E-state index contributed by atoms with van der Waals surface area (Å²) in [4.78, 5) is 0. The van der Waals surface area contributed by atoms with Gasteiger partial charge >= 0.3 is 111 Å². The van der Waals surface area contributed by atoms with E-state index in [0.717, 1.165) is 9.50 Å². The van der Waals surface area contributed by atoms with E-state index >= 15 is 0 Å². The van der Waals surface area contributed by atoms with Crippen molar-refractivity contribution < 1.29 is 0 Å². The van der Waals surface area contributed by atoms with Crippen LogP contribution in [0.4, 0.5) is 0 Å². The molecule has 0 radical (unpaired) electrons. The van der Waals surface area contributed by atoms with Crippen molar-refractivity contribution in [1.82, 2.24) is 0 Å². The van der Waals surface area contributed by atoms with Gasteiger partial charge in [0, 0.05) is 0 Å². The Morgan fingerprint density at radius 3 is 1.27 bits per heavy atom. The van der Waals surface area contributed by atoms with E-state index in [9.17, 15) is 0 Å². The van der Waals surface area contributed by atoms with Gasteiger partial charge in [0.15, 0.2) is 0 Å². The van der Waals surface area contributed by atoms with E-state index < -0.39 is 9.58 Å². The van der Waals surface area contributed by atoms with Gasteiger partial charge in [-0.2, -0.15) is 0 Å². The van der Waals surface area contributed by atoms with Crippen molar-refractivity contribution in [1.29, 1.82) is 0 Å². The molecule has 2 saturated carbocycles. The molecule has 0 aromatic rings. The number of rotatable bonds is 2. The molecule has 0 aromatic carbocycles. The Hall–Kier alpha value is 1.50. The van der Waals surface area contributed by atoms with Crippen molar-refractivity contribution in [3.63, 3.8) is 0 Å². The molecule has 0 saturated heterocycles.